The van der Waals surface area contributed by atoms with E-state index in [4.69, 9.17) is 81.0 Å². The lowest BCUT2D eigenvalue weighted by Gasteiger charge is -2.34. The number of alkyl halides is 1. The van der Waals surface area contributed by atoms with E-state index in [-0.39, 0.29) is 253 Å². The van der Waals surface area contributed by atoms with Crippen LogP contribution in [-0.4, -0.2) is 187 Å². The molecule has 2 aliphatic carbocycles. The normalized spacial score (nSPS) is 14.9. The van der Waals surface area contributed by atoms with Gasteiger partial charge in [0, 0.05) is 189 Å². The molecule has 0 aromatic heterocycles. The average Bonchev–Trinajstić information content (AvgIpc) is 0.708. The lowest BCUT2D eigenvalue weighted by Crippen LogP contribution is -2.50. The molecule has 0 saturated carbocycles. The van der Waals surface area contributed by atoms with Gasteiger partial charge in [-0.3, -0.25) is 29.8 Å². The first-order valence-electron chi connectivity index (χ1n) is 47.2. The molecule has 13 rings (SSSR count). The van der Waals surface area contributed by atoms with Crippen LogP contribution in [0.1, 0.15) is 75.3 Å². The topological polar surface area (TPSA) is 405 Å². The number of phenolic OH excluding ortho intramolecular Hbond substituents is 1. The van der Waals surface area contributed by atoms with E-state index >= 15 is 0 Å². The van der Waals surface area contributed by atoms with Crippen molar-refractivity contribution in [2.45, 2.75) is 24.6 Å². The highest BCUT2D eigenvalue weighted by molar-refractivity contribution is 14.1. The summed E-state index contributed by atoms with van der Waals surface area (Å²) in [5.41, 5.74) is -3.64. The van der Waals surface area contributed by atoms with Gasteiger partial charge in [0.25, 0.3) is 33.4 Å². The second-order valence-corrected chi connectivity index (χ2v) is 28.9. The third-order valence-corrected chi connectivity index (χ3v) is 18.9. The lowest BCUT2D eigenvalue weighted by atomic mass is 9.93. The van der Waals surface area contributed by atoms with Gasteiger partial charge < -0.3 is 53.7 Å². The summed E-state index contributed by atoms with van der Waals surface area (Å²) in [6.45, 7) is 0.485. The van der Waals surface area contributed by atoms with E-state index in [0.717, 1.165) is 0 Å². The molecule has 35 heteroatoms. The molecule has 0 bridgehead atoms. The minimum atomic E-state index is -4.31. The van der Waals surface area contributed by atoms with Crippen LogP contribution in [0.3, 0.4) is 0 Å². The number of aromatic carboxylic acids is 2. The van der Waals surface area contributed by atoms with E-state index in [9.17, 15) is 61.3 Å². The van der Waals surface area contributed by atoms with Gasteiger partial charge in [-0.15, -0.1) is 10.1 Å². The van der Waals surface area contributed by atoms with Crippen molar-refractivity contribution in [2.75, 3.05) is 116 Å². The van der Waals surface area contributed by atoms with Crippen molar-refractivity contribution in [1.82, 2.24) is 18.4 Å². The summed E-state index contributed by atoms with van der Waals surface area (Å²) in [5.74, 6) is -4.84. The standard InChI is InChI=1S/C29H32IN4O4S.C23H22ClN2O3S.C8H11NO.2C7H5NO4.C7H6O2.2CH4.HNO3/c1-31(2)20-9-11-22-25(17-20)38-26-18-21(32(3)4)10-12-23(26)29(22)24-7-5-6-8-27(24)39(36,37)34-15-13-33(14-16-34)28(35)19-30;1-25(2)15-9-11-17-20(13-15)29-21-14-16(26(3)4)10-12-18(21)23(17)19-7-5-6-8-22(19)30(24,27)28;1-9(2)7-4-3-5-8(10)6-7;9-5-12-7-3-1-2-6(4-7)8(10)11;9-7(10)5-2-1-3-6(4-5)8(11)12;8-7(9)6-4-2-1-3-5-6;;;2-1(3)4/h5-12,17-18H,13-16,19H2,1-4H3;5-14H,1-4H3;3-6,10H,1-2H3;1-5H;1-4H,(H,9,10);1-5H,(H,8,9);2*1H4;(H,2,3,4)/q2*+1;;;;;;;/i9D,10D,11D,12D,17D,18D;9D,10D,11D,12D,13D,14D;3D,4D,5D,6D;2*1D,2D,3D,4D;1D,2D,3D,4D,5D;;;/hD. The third-order valence-electron chi connectivity index (χ3n) is 14.9. The number of amides is 1. The van der Waals surface area contributed by atoms with Crippen molar-refractivity contribution in [3.8, 4) is 56.4 Å². The molecule has 3 heterocycles. The number of sulfonamides is 1. The second-order valence-electron chi connectivity index (χ2n) is 23.6. The van der Waals surface area contributed by atoms with Crippen LogP contribution in [0, 0.1) is 30.3 Å². The van der Waals surface area contributed by atoms with Gasteiger partial charge in [0.2, 0.25) is 26.6 Å². The molecule has 0 spiro atoms. The molecule has 8 aromatic carbocycles. The van der Waals surface area contributed by atoms with Crippen molar-refractivity contribution in [3.63, 3.8) is 0 Å². The third kappa shape index (κ3) is 25.8. The van der Waals surface area contributed by atoms with Crippen LogP contribution in [0.25, 0.3) is 66.8 Å². The number of rotatable bonds is 16. The number of carbonyl (C=O) groups excluding carboxylic acids is 2. The molecule has 0 unspecified atom stereocenters. The van der Waals surface area contributed by atoms with Crippen LogP contribution in [0.5, 0.6) is 11.5 Å². The fourth-order valence-electron chi connectivity index (χ4n) is 9.55. The van der Waals surface area contributed by atoms with Crippen molar-refractivity contribution in [1.29, 1.82) is 0 Å². The Balaban J connectivity index is 0.000000330. The first kappa shape index (κ1) is 58.9. The molecule has 1 amide bonds. The summed E-state index contributed by atoms with van der Waals surface area (Å²) in [7, 11) is 13.4. The zero-order chi connectivity index (χ0) is 111. The molecule has 31 nitrogen and oxygen atoms in total. The molecule has 1 fully saturated rings. The van der Waals surface area contributed by atoms with Crippen molar-refractivity contribution in [3.05, 3.63) is 276 Å². The quantitative estimate of drug-likeness (QED) is 0.0102. The second kappa shape index (κ2) is 43.7. The average molecular weight is 1820 g/mol. The van der Waals surface area contributed by atoms with E-state index in [1.807, 2.05) is 22.6 Å². The SMILES string of the molecule is C.C.[2H]O[N+](=O)[O-].[2H]c1c([2H])c(C(=O)O)c([2H])c([N+](=O)[O-])c1[2H].[2H]c1c([2H])c(O)c([2H])c(N(C)C)c1[2H].[2H]c1c([2H])c(OC=O)c([2H])c([N+](=O)[O-])c1[2H].[2H]c1c([2H])c([2H])c(C(=O)O)c([2H])c1[2H].[2H]c1c2c(-c3ccccc3S(=O)(=O)Cl)c3c([2H])c([2H])c(N(C)C)c([2H])c3oc-2c([2H])c(=[N+](C)C)c1[2H].[2H]c1c2c(-c3ccccc3S(=O)(=O)N3CCN(C(=O)CI)CC3)c3c([2H])c([2H])c(N(C)C)c([2H])c3oc-2c([2H])c(=[N+](C)C)c1[2H]. The predicted molar refractivity (Wildman–Crippen MR) is 465 cm³/mol. The molecule has 0 atom stereocenters. The number of phenols is 1. The maximum absolute atomic E-state index is 14.3. The number of nitrogens with zero attached hydrogens (tertiary/aromatic N) is 10. The Morgan fingerprint density at radius 1 is 0.559 bits per heavy atom. The van der Waals surface area contributed by atoms with Gasteiger partial charge >= 0.3 is 11.9 Å². The number of nitro benzene ring substituents is 2. The van der Waals surface area contributed by atoms with E-state index in [1.165, 1.54) is 58.5 Å². The minimum Gasteiger partial charge on any atom is -0.508 e. The van der Waals surface area contributed by atoms with E-state index in [2.05, 4.69) is 9.95 Å². The number of carbonyl (C=O) groups is 4. The van der Waals surface area contributed by atoms with Crippen LogP contribution >= 0.6 is 33.3 Å². The van der Waals surface area contributed by atoms with E-state index in [1.54, 1.807) is 93.6 Å². The molecule has 622 valence electrons. The number of anilines is 3. The van der Waals surface area contributed by atoms with E-state index in [0.29, 0.717) is 0 Å². The number of carboxylic acids is 2. The molecule has 3 aliphatic heterocycles. The molecular weight excluding hydrogens is 1700 g/mol. The monoisotopic (exact) mass is 1820 g/mol. The summed E-state index contributed by atoms with van der Waals surface area (Å²) in [6, 6.07) is -3.16. The number of hydrogen-bond donors (Lipinski definition) is 4. The zero-order valence-corrected chi connectivity index (χ0v) is 66.5. The molecule has 5 aliphatic rings. The van der Waals surface area contributed by atoms with E-state index < -0.39 is 165 Å². The maximum atomic E-state index is 14.3. The Labute approximate surface area is 741 Å². The van der Waals surface area contributed by atoms with Gasteiger partial charge in [0.15, 0.2) is 0 Å². The molecule has 118 heavy (non-hydrogen) atoms. The Bertz CT molecular complexity index is 7640. The number of aromatic hydroxyl groups is 1. The maximum Gasteiger partial charge on any atom is 0.335 e. The summed E-state index contributed by atoms with van der Waals surface area (Å²) in [4.78, 5) is 76.9. The number of nitro groups is 2. The van der Waals surface area contributed by atoms with Crippen molar-refractivity contribution < 1.29 is 126 Å². The van der Waals surface area contributed by atoms with Crippen LogP contribution in [0.4, 0.5) is 28.4 Å². The van der Waals surface area contributed by atoms with Gasteiger partial charge in [-0.1, -0.05) is 110 Å². The van der Waals surface area contributed by atoms with Crippen LogP contribution in [0.2, 0.25) is 1.43 Å². The van der Waals surface area contributed by atoms with Gasteiger partial charge in [0.05, 0.1) is 93.1 Å². The Morgan fingerprint density at radius 2 is 0.992 bits per heavy atom. The van der Waals surface area contributed by atoms with Gasteiger partial charge in [-0.2, -0.15) is 4.31 Å². The number of halogens is 2. The van der Waals surface area contributed by atoms with Gasteiger partial charge in [0.1, 0.15) is 62.4 Å². The summed E-state index contributed by atoms with van der Waals surface area (Å²) < 4.78 is 309. The highest BCUT2D eigenvalue weighted by Crippen LogP contribution is 2.45. The summed E-state index contributed by atoms with van der Waals surface area (Å²) in [5, 5.41) is 58.0. The Morgan fingerprint density at radius 3 is 1.42 bits per heavy atom. The summed E-state index contributed by atoms with van der Waals surface area (Å²) >= 11 is 1.98. The smallest absolute Gasteiger partial charge is 0.335 e. The lowest BCUT2D eigenvalue weighted by molar-refractivity contribution is -0.742. The fraction of sp³-hybridized carbons (Fsp3) is 0.205. The molecule has 1 saturated heterocycles. The molecule has 0 radical (unpaired) electrons. The van der Waals surface area contributed by atoms with Crippen molar-refractivity contribution in [2.24, 2.45) is 0 Å². The first-order valence-corrected chi connectivity index (χ1v) is 37.5. The predicted octanol–water partition coefficient (Wildman–Crippen LogP) is 14.0. The highest BCUT2D eigenvalue weighted by Gasteiger charge is 2.34. The minimum absolute atomic E-state index is 0. The fourth-order valence-corrected chi connectivity index (χ4v) is 12.7. The number of fused-ring (bicyclic) bond motifs is 4. The zero-order valence-electron chi connectivity index (χ0n) is 92.0. The number of hydrogen-bond acceptors (Lipinski definition) is 22. The number of benzene rings is 10. The van der Waals surface area contributed by atoms with Crippen LogP contribution in [-0.2, 0) is 28.7 Å². The molecular formula is C83H90ClIN10O21S2+2. The van der Waals surface area contributed by atoms with Gasteiger partial charge in [-0.25, -0.2) is 35.6 Å². The number of ether oxygens (including phenoxy) is 1. The molecule has 8 aromatic rings. The number of piperazine rings is 1. The highest BCUT2D eigenvalue weighted by atomic mass is 127. The first-order chi connectivity index (χ1) is 67.6. The van der Waals surface area contributed by atoms with Crippen molar-refractivity contribution >= 4 is 127 Å². The largest absolute Gasteiger partial charge is 0.508 e. The van der Waals surface area contributed by atoms with Crippen LogP contribution < -0.4 is 39.3 Å². The molecule has 4 N–H and O–H groups in total. The van der Waals surface area contributed by atoms with Gasteiger partial charge in [-0.05, 0) is 84.6 Å². The summed E-state index contributed by atoms with van der Waals surface area (Å²) in [6.07, 6.45) is 0. The Kier molecular flexibility index (Phi) is 21.8. The Hall–Kier alpha value is -12.9. The van der Waals surface area contributed by atoms with Crippen LogP contribution in [0.15, 0.2) is 242 Å². The number of carboxylic acid groups (broad SMARTS) is 2.